The third-order valence-corrected chi connectivity index (χ3v) is 1.98. The minimum absolute atomic E-state index is 0.727. The predicted octanol–water partition coefficient (Wildman–Crippen LogP) is 0.671. The largest absolute Gasteiger partial charge is 0.295 e. The molecule has 0 amide bonds. The molecule has 0 aromatic carbocycles. The van der Waals surface area contributed by atoms with Crippen LogP contribution in [0.15, 0.2) is 4.99 Å². The van der Waals surface area contributed by atoms with Crippen LogP contribution in [0.4, 0.5) is 0 Å². The molecule has 0 spiro atoms. The van der Waals surface area contributed by atoms with E-state index in [-0.39, 0.29) is 0 Å². The zero-order chi connectivity index (χ0) is 6.20. The van der Waals surface area contributed by atoms with Crippen molar-refractivity contribution in [2.45, 2.75) is 0 Å². The molecule has 2 nitrogen and oxygen atoms in total. The third kappa shape index (κ3) is 0.858. The van der Waals surface area contributed by atoms with Gasteiger partial charge in [-0.25, -0.2) is 4.99 Å². The van der Waals surface area contributed by atoms with Gasteiger partial charge in [0.25, 0.3) is 5.29 Å². The van der Waals surface area contributed by atoms with Crippen molar-refractivity contribution in [3.63, 3.8) is 0 Å². The SMILES string of the molecule is C[N+]1(C)CCN=C1Cl. The lowest BCUT2D eigenvalue weighted by atomic mass is 10.6. The lowest BCUT2D eigenvalue weighted by Crippen LogP contribution is -2.39. The lowest BCUT2D eigenvalue weighted by molar-refractivity contribution is -0.788. The van der Waals surface area contributed by atoms with E-state index in [1.165, 1.54) is 0 Å². The number of quaternary nitrogens is 1. The van der Waals surface area contributed by atoms with Crippen molar-refractivity contribution < 1.29 is 4.48 Å². The molecule has 0 N–H and O–H groups in total. The van der Waals surface area contributed by atoms with Crippen LogP contribution in [0.25, 0.3) is 0 Å². The summed E-state index contributed by atoms with van der Waals surface area (Å²) < 4.78 is 0.752. The molecular formula is C5H10ClN2+. The standard InChI is InChI=1S/C5H10ClN2/c1-8(2)4-3-7-5(8)6/h3-4H2,1-2H3/q+1. The molecule has 1 heterocycles. The predicted molar refractivity (Wildman–Crippen MR) is 35.1 cm³/mol. The van der Waals surface area contributed by atoms with E-state index < -0.39 is 0 Å². The highest BCUT2D eigenvalue weighted by molar-refractivity contribution is 6.62. The molecule has 0 saturated carbocycles. The summed E-state index contributed by atoms with van der Waals surface area (Å²) in [5, 5.41) is 0.727. The Bertz CT molecular complexity index is 128. The quantitative estimate of drug-likeness (QED) is 0.340. The van der Waals surface area contributed by atoms with Crippen LogP contribution in [0.2, 0.25) is 0 Å². The molecule has 46 valence electrons. The van der Waals surface area contributed by atoms with Gasteiger partial charge >= 0.3 is 0 Å². The second-order valence-corrected chi connectivity index (χ2v) is 2.90. The van der Waals surface area contributed by atoms with Gasteiger partial charge in [-0.2, -0.15) is 0 Å². The molecule has 1 aliphatic rings. The molecule has 0 unspecified atom stereocenters. The normalized spacial score (nSPS) is 25.6. The van der Waals surface area contributed by atoms with E-state index in [9.17, 15) is 0 Å². The number of hydrogen-bond donors (Lipinski definition) is 0. The van der Waals surface area contributed by atoms with Crippen LogP contribution >= 0.6 is 11.6 Å². The summed E-state index contributed by atoms with van der Waals surface area (Å²) in [6, 6.07) is 0. The average Bonchev–Trinajstić information content (AvgIpc) is 1.86. The molecule has 8 heavy (non-hydrogen) atoms. The Morgan fingerprint density at radius 1 is 1.62 bits per heavy atom. The van der Waals surface area contributed by atoms with E-state index in [1.807, 2.05) is 0 Å². The van der Waals surface area contributed by atoms with Crippen molar-refractivity contribution in [1.29, 1.82) is 0 Å². The van der Waals surface area contributed by atoms with Crippen LogP contribution in [-0.4, -0.2) is 37.0 Å². The van der Waals surface area contributed by atoms with E-state index in [0.29, 0.717) is 0 Å². The van der Waals surface area contributed by atoms with Gasteiger partial charge in [0.2, 0.25) is 0 Å². The summed E-state index contributed by atoms with van der Waals surface area (Å²) in [6.45, 7) is 1.92. The summed E-state index contributed by atoms with van der Waals surface area (Å²) >= 11 is 5.73. The molecule has 3 heteroatoms. The van der Waals surface area contributed by atoms with Gasteiger partial charge in [-0.3, -0.25) is 4.48 Å². The molecule has 0 aromatic heterocycles. The van der Waals surface area contributed by atoms with Crippen LogP contribution in [0, 0.1) is 0 Å². The summed E-state index contributed by atoms with van der Waals surface area (Å²) in [5.74, 6) is 0. The number of nitrogens with zero attached hydrogens (tertiary/aromatic N) is 2. The summed E-state index contributed by atoms with van der Waals surface area (Å²) in [4.78, 5) is 4.04. The zero-order valence-electron chi connectivity index (χ0n) is 5.19. The van der Waals surface area contributed by atoms with E-state index in [1.54, 1.807) is 0 Å². The fourth-order valence-corrected chi connectivity index (χ4v) is 0.845. The topological polar surface area (TPSA) is 12.4 Å². The van der Waals surface area contributed by atoms with Crippen LogP contribution in [0.1, 0.15) is 0 Å². The molecule has 0 aromatic rings. The van der Waals surface area contributed by atoms with E-state index in [4.69, 9.17) is 11.6 Å². The maximum Gasteiger partial charge on any atom is 0.295 e. The van der Waals surface area contributed by atoms with Crippen molar-refractivity contribution in [3.8, 4) is 0 Å². The van der Waals surface area contributed by atoms with Gasteiger partial charge in [0.1, 0.15) is 6.54 Å². The molecule has 1 rings (SSSR count). The summed E-state index contributed by atoms with van der Waals surface area (Å²) in [7, 11) is 4.11. The van der Waals surface area contributed by atoms with Crippen molar-refractivity contribution >= 4 is 16.9 Å². The molecule has 0 radical (unpaired) electrons. The zero-order valence-corrected chi connectivity index (χ0v) is 5.94. The highest BCUT2D eigenvalue weighted by Gasteiger charge is 2.26. The number of hydrogen-bond acceptors (Lipinski definition) is 1. The minimum Gasteiger partial charge on any atom is -0.268 e. The van der Waals surface area contributed by atoms with E-state index >= 15 is 0 Å². The first-order valence-electron chi connectivity index (χ1n) is 2.66. The van der Waals surface area contributed by atoms with Gasteiger partial charge in [-0.1, -0.05) is 0 Å². The van der Waals surface area contributed by atoms with Crippen LogP contribution in [0.5, 0.6) is 0 Å². The van der Waals surface area contributed by atoms with Gasteiger partial charge in [0, 0.05) is 11.6 Å². The fraction of sp³-hybridized carbons (Fsp3) is 0.800. The van der Waals surface area contributed by atoms with Crippen LogP contribution in [0.3, 0.4) is 0 Å². The van der Waals surface area contributed by atoms with E-state index in [2.05, 4.69) is 19.1 Å². The Balaban J connectivity index is 2.73. The first-order chi connectivity index (χ1) is 3.63. The van der Waals surface area contributed by atoms with Gasteiger partial charge in [0.15, 0.2) is 0 Å². The molecular weight excluding hydrogens is 124 g/mol. The Morgan fingerprint density at radius 2 is 2.25 bits per heavy atom. The number of likely N-dealkylation sites (N-methyl/N-ethyl adjacent to an activating group) is 1. The molecule has 0 fully saturated rings. The second-order valence-electron chi connectivity index (χ2n) is 2.56. The number of halogens is 1. The Kier molecular flexibility index (Phi) is 1.29. The Hall–Kier alpha value is -0.0800. The van der Waals surface area contributed by atoms with Gasteiger partial charge in [-0.15, -0.1) is 0 Å². The number of rotatable bonds is 0. The van der Waals surface area contributed by atoms with Gasteiger partial charge in [0.05, 0.1) is 20.6 Å². The van der Waals surface area contributed by atoms with Gasteiger partial charge < -0.3 is 0 Å². The second kappa shape index (κ2) is 1.71. The number of aliphatic imine (C=N–C) groups is 1. The Labute approximate surface area is 54.4 Å². The lowest BCUT2D eigenvalue weighted by Gasteiger charge is -2.19. The molecule has 0 bridgehead atoms. The van der Waals surface area contributed by atoms with Crippen molar-refractivity contribution in [3.05, 3.63) is 0 Å². The van der Waals surface area contributed by atoms with Gasteiger partial charge in [-0.05, 0) is 0 Å². The highest BCUT2D eigenvalue weighted by Crippen LogP contribution is 2.09. The summed E-state index contributed by atoms with van der Waals surface area (Å²) in [5.41, 5.74) is 0. The van der Waals surface area contributed by atoms with Crippen LogP contribution < -0.4 is 0 Å². The van der Waals surface area contributed by atoms with Crippen LogP contribution in [-0.2, 0) is 0 Å². The first kappa shape index (κ1) is 6.05. The summed E-state index contributed by atoms with van der Waals surface area (Å²) in [6.07, 6.45) is 0. The van der Waals surface area contributed by atoms with Crippen molar-refractivity contribution in [2.75, 3.05) is 27.2 Å². The molecule has 0 saturated heterocycles. The highest BCUT2D eigenvalue weighted by atomic mass is 35.5. The minimum atomic E-state index is 0.727. The molecule has 1 aliphatic heterocycles. The number of amidine groups is 1. The molecule has 0 atom stereocenters. The first-order valence-corrected chi connectivity index (χ1v) is 3.04. The average molecular weight is 134 g/mol. The van der Waals surface area contributed by atoms with E-state index in [0.717, 1.165) is 22.9 Å². The maximum absolute atomic E-state index is 5.73. The maximum atomic E-state index is 5.73. The Morgan fingerprint density at radius 3 is 2.38 bits per heavy atom. The van der Waals surface area contributed by atoms with Crippen molar-refractivity contribution in [1.82, 2.24) is 0 Å². The molecule has 0 aliphatic carbocycles. The van der Waals surface area contributed by atoms with Crippen molar-refractivity contribution in [2.24, 2.45) is 4.99 Å². The monoisotopic (exact) mass is 133 g/mol. The smallest absolute Gasteiger partial charge is 0.268 e. The fourth-order valence-electron chi connectivity index (χ4n) is 0.676. The third-order valence-electron chi connectivity index (χ3n) is 1.40.